The third kappa shape index (κ3) is 3.68. The summed E-state index contributed by atoms with van der Waals surface area (Å²) in [5.74, 6) is 0.542. The van der Waals surface area contributed by atoms with E-state index in [1.54, 1.807) is 24.3 Å². The van der Waals surface area contributed by atoms with Crippen molar-refractivity contribution >= 4 is 18.0 Å². The van der Waals surface area contributed by atoms with Crippen molar-refractivity contribution in [3.63, 3.8) is 0 Å². The highest BCUT2D eigenvalue weighted by atomic mass is 16.7. The molecule has 19 heavy (non-hydrogen) atoms. The van der Waals surface area contributed by atoms with Crippen LogP contribution in [0, 0.1) is 0 Å². The molecule has 0 aromatic heterocycles. The molecule has 1 aliphatic rings. The van der Waals surface area contributed by atoms with E-state index in [-0.39, 0.29) is 18.3 Å². The first kappa shape index (κ1) is 13.3. The molecule has 0 N–H and O–H groups in total. The Hall–Kier alpha value is -2.10. The molecule has 1 aromatic carbocycles. The van der Waals surface area contributed by atoms with Crippen LogP contribution in [0.25, 0.3) is 6.08 Å². The highest BCUT2D eigenvalue weighted by Crippen LogP contribution is 2.22. The average molecular weight is 260 g/mol. The lowest BCUT2D eigenvalue weighted by atomic mass is 9.97. The average Bonchev–Trinajstić information content (AvgIpc) is 2.39. The maximum absolute atomic E-state index is 11.7. The molecule has 0 saturated heterocycles. The highest BCUT2D eigenvalue weighted by Gasteiger charge is 2.23. The lowest BCUT2D eigenvalue weighted by Crippen LogP contribution is -2.27. The molecular weight excluding hydrogens is 244 g/mol. The van der Waals surface area contributed by atoms with Crippen LogP contribution in [0.4, 0.5) is 4.79 Å². The zero-order chi connectivity index (χ0) is 13.7. The van der Waals surface area contributed by atoms with Crippen LogP contribution >= 0.6 is 0 Å². The van der Waals surface area contributed by atoms with Crippen molar-refractivity contribution in [3.05, 3.63) is 36.4 Å². The van der Waals surface area contributed by atoms with Crippen LogP contribution < -0.4 is 4.74 Å². The van der Waals surface area contributed by atoms with E-state index in [4.69, 9.17) is 9.47 Å². The fourth-order valence-corrected chi connectivity index (χ4v) is 2.08. The van der Waals surface area contributed by atoms with E-state index in [0.717, 1.165) is 12.0 Å². The molecule has 1 fully saturated rings. The smallest absolute Gasteiger partial charge is 0.430 e. The molecule has 2 rings (SSSR count). The summed E-state index contributed by atoms with van der Waals surface area (Å²) in [6.07, 6.45) is 2.82. The number of para-hydroxylation sites is 1. The predicted molar refractivity (Wildman–Crippen MR) is 70.9 cm³/mol. The van der Waals surface area contributed by atoms with Crippen molar-refractivity contribution in [2.75, 3.05) is 0 Å². The first-order valence-corrected chi connectivity index (χ1v) is 6.30. The van der Waals surface area contributed by atoms with Crippen LogP contribution in [-0.4, -0.2) is 18.0 Å². The van der Waals surface area contributed by atoms with Crippen LogP contribution in [0.3, 0.4) is 0 Å². The lowest BCUT2D eigenvalue weighted by molar-refractivity contribution is -0.123. The molecule has 1 saturated carbocycles. The molecule has 1 aliphatic carbocycles. The van der Waals surface area contributed by atoms with Gasteiger partial charge >= 0.3 is 6.16 Å². The Morgan fingerprint density at radius 1 is 1.37 bits per heavy atom. The minimum absolute atomic E-state index is 0.135. The number of rotatable bonds is 3. The van der Waals surface area contributed by atoms with Crippen LogP contribution in [-0.2, 0) is 9.53 Å². The van der Waals surface area contributed by atoms with Gasteiger partial charge in [0, 0.05) is 18.4 Å². The molecule has 1 atom stereocenters. The normalized spacial score (nSPS) is 18.7. The second-order valence-corrected chi connectivity index (χ2v) is 4.47. The van der Waals surface area contributed by atoms with Crippen LogP contribution in [0.15, 0.2) is 30.8 Å². The molecule has 0 aliphatic heterocycles. The summed E-state index contributed by atoms with van der Waals surface area (Å²) in [5.41, 5.74) is 0.721. The van der Waals surface area contributed by atoms with E-state index in [2.05, 4.69) is 6.58 Å². The van der Waals surface area contributed by atoms with Crippen molar-refractivity contribution in [1.29, 1.82) is 0 Å². The van der Waals surface area contributed by atoms with Crippen LogP contribution in [0.5, 0.6) is 5.75 Å². The van der Waals surface area contributed by atoms with Crippen molar-refractivity contribution in [1.82, 2.24) is 0 Å². The number of ketones is 1. The molecule has 0 spiro atoms. The largest absolute Gasteiger partial charge is 0.514 e. The van der Waals surface area contributed by atoms with Crippen molar-refractivity contribution in [2.24, 2.45) is 0 Å². The van der Waals surface area contributed by atoms with Gasteiger partial charge in [0.1, 0.15) is 17.6 Å². The molecule has 4 nitrogen and oxygen atoms in total. The number of carbonyl (C=O) groups excluding carboxylic acids is 2. The Kier molecular flexibility index (Phi) is 4.34. The van der Waals surface area contributed by atoms with Crippen molar-refractivity contribution < 1.29 is 19.1 Å². The standard InChI is InChI=1S/C15H16O4/c1-2-11-6-3-4-9-14(11)19-15(17)18-13-8-5-7-12(16)10-13/h2-4,6,9,13H,1,5,7-8,10H2. The second kappa shape index (κ2) is 6.18. The third-order valence-corrected chi connectivity index (χ3v) is 3.03. The van der Waals surface area contributed by atoms with Gasteiger partial charge in [0.05, 0.1) is 0 Å². The topological polar surface area (TPSA) is 52.6 Å². The number of ether oxygens (including phenoxy) is 2. The van der Waals surface area contributed by atoms with Gasteiger partial charge in [-0.05, 0) is 18.9 Å². The SMILES string of the molecule is C=Cc1ccccc1OC(=O)OC1CCCC(=O)C1. The van der Waals surface area contributed by atoms with Crippen LogP contribution in [0.2, 0.25) is 0 Å². The third-order valence-electron chi connectivity index (χ3n) is 3.03. The van der Waals surface area contributed by atoms with Gasteiger partial charge < -0.3 is 9.47 Å². The van der Waals surface area contributed by atoms with Crippen molar-refractivity contribution in [3.8, 4) is 5.75 Å². The first-order chi connectivity index (χ1) is 9.19. The Morgan fingerprint density at radius 3 is 2.89 bits per heavy atom. The maximum Gasteiger partial charge on any atom is 0.514 e. The minimum atomic E-state index is -0.769. The van der Waals surface area contributed by atoms with Gasteiger partial charge in [0.2, 0.25) is 0 Å². The first-order valence-electron chi connectivity index (χ1n) is 6.30. The predicted octanol–water partition coefficient (Wildman–Crippen LogP) is 3.36. The summed E-state index contributed by atoms with van der Waals surface area (Å²) in [6.45, 7) is 3.65. The van der Waals surface area contributed by atoms with Gasteiger partial charge in [-0.2, -0.15) is 0 Å². The monoisotopic (exact) mass is 260 g/mol. The molecule has 0 heterocycles. The zero-order valence-corrected chi connectivity index (χ0v) is 10.6. The van der Waals surface area contributed by atoms with Gasteiger partial charge in [-0.1, -0.05) is 30.9 Å². The van der Waals surface area contributed by atoms with E-state index < -0.39 is 6.16 Å². The Morgan fingerprint density at radius 2 is 2.16 bits per heavy atom. The quantitative estimate of drug-likeness (QED) is 0.617. The number of carbonyl (C=O) groups is 2. The lowest BCUT2D eigenvalue weighted by Gasteiger charge is -2.20. The van der Waals surface area contributed by atoms with E-state index in [1.807, 2.05) is 6.07 Å². The highest BCUT2D eigenvalue weighted by molar-refractivity contribution is 5.80. The maximum atomic E-state index is 11.7. The summed E-state index contributed by atoms with van der Waals surface area (Å²) in [5, 5.41) is 0. The molecular formula is C15H16O4. The summed E-state index contributed by atoms with van der Waals surface area (Å²) in [4.78, 5) is 22.9. The molecule has 0 radical (unpaired) electrons. The van der Waals surface area contributed by atoms with Crippen molar-refractivity contribution in [2.45, 2.75) is 31.8 Å². The summed E-state index contributed by atoms with van der Waals surface area (Å²) in [7, 11) is 0. The summed E-state index contributed by atoms with van der Waals surface area (Å²) < 4.78 is 10.3. The van der Waals surface area contributed by atoms with Gasteiger partial charge in [-0.25, -0.2) is 4.79 Å². The van der Waals surface area contributed by atoms with Gasteiger partial charge in [0.25, 0.3) is 0 Å². The molecule has 0 bridgehead atoms. The van der Waals surface area contributed by atoms with E-state index in [0.29, 0.717) is 18.6 Å². The number of benzene rings is 1. The summed E-state index contributed by atoms with van der Waals surface area (Å²) >= 11 is 0. The minimum Gasteiger partial charge on any atom is -0.430 e. The van der Waals surface area contributed by atoms with Gasteiger partial charge in [0.15, 0.2) is 0 Å². The molecule has 1 unspecified atom stereocenters. The Labute approximate surface area is 112 Å². The van der Waals surface area contributed by atoms with Gasteiger partial charge in [-0.3, -0.25) is 4.79 Å². The second-order valence-electron chi connectivity index (χ2n) is 4.47. The van der Waals surface area contributed by atoms with E-state index in [1.165, 1.54) is 0 Å². The molecule has 0 amide bonds. The van der Waals surface area contributed by atoms with E-state index >= 15 is 0 Å². The number of hydrogen-bond acceptors (Lipinski definition) is 4. The molecule has 1 aromatic rings. The van der Waals surface area contributed by atoms with Gasteiger partial charge in [-0.15, -0.1) is 0 Å². The Balaban J connectivity index is 1.93. The fourth-order valence-electron chi connectivity index (χ4n) is 2.08. The van der Waals surface area contributed by atoms with Crippen LogP contribution in [0.1, 0.15) is 31.2 Å². The van der Waals surface area contributed by atoms with E-state index in [9.17, 15) is 9.59 Å². The summed E-state index contributed by atoms with van der Waals surface area (Å²) in [6, 6.07) is 7.05. The number of hydrogen-bond donors (Lipinski definition) is 0. The Bertz CT molecular complexity index is 493. The number of Topliss-reactive ketones (excluding diaryl/α,β-unsaturated/α-hetero) is 1. The fraction of sp³-hybridized carbons (Fsp3) is 0.333. The zero-order valence-electron chi connectivity index (χ0n) is 10.6. The molecule has 4 heteroatoms. The molecule has 100 valence electrons.